The van der Waals surface area contributed by atoms with E-state index in [1.807, 2.05) is 0 Å². The highest BCUT2D eigenvalue weighted by Gasteiger charge is 2.32. The summed E-state index contributed by atoms with van der Waals surface area (Å²) in [6.45, 7) is 1.66. The second-order valence-corrected chi connectivity index (χ2v) is 4.73. The van der Waals surface area contributed by atoms with Gasteiger partial charge >= 0.3 is 12.1 Å². The third-order valence-electron chi connectivity index (χ3n) is 2.63. The number of ether oxygens (including phenoxy) is 1. The fraction of sp³-hybridized carbons (Fsp3) is 0.462. The largest absolute Gasteiger partial charge is 0.466 e. The number of benzene rings is 1. The van der Waals surface area contributed by atoms with Crippen molar-refractivity contribution >= 4 is 17.6 Å². The first-order valence-corrected chi connectivity index (χ1v) is 6.42. The normalized spacial score (nSPS) is 14.6. The predicted octanol–water partition coefficient (Wildman–Crippen LogP) is 2.71. The average molecular weight is 327 g/mol. The van der Waals surface area contributed by atoms with E-state index in [1.54, 1.807) is 6.92 Å². The van der Waals surface area contributed by atoms with E-state index in [0.29, 0.717) is 12.1 Å². The Balaban J connectivity index is 2.94. The van der Waals surface area contributed by atoms with E-state index < -0.39 is 36.3 Å². The van der Waals surface area contributed by atoms with Crippen molar-refractivity contribution in [1.29, 1.82) is 0 Å². The van der Waals surface area contributed by atoms with E-state index in [2.05, 4.69) is 4.74 Å². The van der Waals surface area contributed by atoms with Gasteiger partial charge in [0.15, 0.2) is 0 Å². The van der Waals surface area contributed by atoms with Crippen LogP contribution in [0, 0.1) is 0 Å². The minimum Gasteiger partial charge on any atom is -0.466 e. The average Bonchev–Trinajstić information content (AvgIpc) is 2.36. The maximum Gasteiger partial charge on any atom is 0.416 e. The van der Waals surface area contributed by atoms with Crippen LogP contribution >= 0.6 is 11.6 Å². The Hall–Kier alpha value is -1.31. The Morgan fingerprint density at radius 3 is 2.48 bits per heavy atom. The van der Waals surface area contributed by atoms with Crippen molar-refractivity contribution in [2.75, 3.05) is 6.61 Å². The molecule has 0 saturated heterocycles. The second-order valence-electron chi connectivity index (χ2n) is 4.29. The van der Waals surface area contributed by atoms with Gasteiger partial charge in [0.05, 0.1) is 24.7 Å². The van der Waals surface area contributed by atoms with Crippen LogP contribution in [-0.2, 0) is 15.7 Å². The van der Waals surface area contributed by atoms with Crippen LogP contribution in [0.5, 0.6) is 0 Å². The van der Waals surface area contributed by atoms with Crippen LogP contribution in [-0.4, -0.2) is 28.9 Å². The molecule has 0 aliphatic rings. The van der Waals surface area contributed by atoms with Crippen LogP contribution in [0.15, 0.2) is 18.2 Å². The minimum atomic E-state index is -4.63. The molecule has 2 unspecified atom stereocenters. The molecule has 0 amide bonds. The number of aliphatic hydroxyl groups excluding tert-OH is 2. The molecule has 2 atom stereocenters. The van der Waals surface area contributed by atoms with Crippen molar-refractivity contribution in [1.82, 2.24) is 0 Å². The fourth-order valence-corrected chi connectivity index (χ4v) is 1.91. The topological polar surface area (TPSA) is 66.8 Å². The number of rotatable bonds is 5. The van der Waals surface area contributed by atoms with E-state index in [0.717, 1.165) is 6.07 Å². The van der Waals surface area contributed by atoms with Gasteiger partial charge in [0, 0.05) is 5.02 Å². The molecule has 1 aromatic rings. The van der Waals surface area contributed by atoms with Crippen LogP contribution in [0.3, 0.4) is 0 Å². The number of carbonyl (C=O) groups is 1. The van der Waals surface area contributed by atoms with Crippen molar-refractivity contribution in [3.63, 3.8) is 0 Å². The third-order valence-corrected chi connectivity index (χ3v) is 2.85. The molecule has 0 fully saturated rings. The molecule has 0 aromatic heterocycles. The standard InChI is InChI=1S/C13H14ClF3O4/c1-2-21-11(19)6-10(18)12(20)7-3-8(13(15,16)17)5-9(14)4-7/h3-5,10,12,18,20H,2,6H2,1H3. The lowest BCUT2D eigenvalue weighted by Crippen LogP contribution is -2.23. The van der Waals surface area contributed by atoms with Gasteiger partial charge in [-0.2, -0.15) is 13.2 Å². The second kappa shape index (κ2) is 7.11. The van der Waals surface area contributed by atoms with Crippen LogP contribution in [0.25, 0.3) is 0 Å². The Bertz CT molecular complexity index is 505. The molecule has 0 saturated carbocycles. The molecule has 0 heterocycles. The first-order chi connectivity index (χ1) is 9.65. The van der Waals surface area contributed by atoms with Gasteiger partial charge in [0.2, 0.25) is 0 Å². The number of esters is 1. The van der Waals surface area contributed by atoms with Gasteiger partial charge in [-0.3, -0.25) is 4.79 Å². The molecule has 0 spiro atoms. The van der Waals surface area contributed by atoms with E-state index in [-0.39, 0.29) is 17.2 Å². The molecule has 21 heavy (non-hydrogen) atoms. The molecule has 1 rings (SSSR count). The van der Waals surface area contributed by atoms with E-state index in [1.165, 1.54) is 0 Å². The Kier molecular flexibility index (Phi) is 6.00. The van der Waals surface area contributed by atoms with Gasteiger partial charge < -0.3 is 14.9 Å². The first-order valence-electron chi connectivity index (χ1n) is 6.04. The third kappa shape index (κ3) is 5.18. The zero-order valence-corrected chi connectivity index (χ0v) is 11.8. The first kappa shape index (κ1) is 17.7. The van der Waals surface area contributed by atoms with E-state index in [9.17, 15) is 28.2 Å². The van der Waals surface area contributed by atoms with Crippen molar-refractivity contribution in [2.45, 2.75) is 31.7 Å². The lowest BCUT2D eigenvalue weighted by Gasteiger charge is -2.19. The maximum absolute atomic E-state index is 12.6. The number of hydrogen-bond donors (Lipinski definition) is 2. The van der Waals surface area contributed by atoms with Crippen molar-refractivity contribution in [3.8, 4) is 0 Å². The zero-order valence-electron chi connectivity index (χ0n) is 11.0. The number of aliphatic hydroxyl groups is 2. The highest BCUT2D eigenvalue weighted by molar-refractivity contribution is 6.30. The number of halogens is 4. The van der Waals surface area contributed by atoms with Crippen molar-refractivity contribution in [3.05, 3.63) is 34.3 Å². The lowest BCUT2D eigenvalue weighted by atomic mass is 10.00. The molecule has 0 aliphatic carbocycles. The Morgan fingerprint density at radius 2 is 1.95 bits per heavy atom. The van der Waals surface area contributed by atoms with E-state index in [4.69, 9.17) is 11.6 Å². The fourth-order valence-electron chi connectivity index (χ4n) is 1.67. The molecule has 4 nitrogen and oxygen atoms in total. The summed E-state index contributed by atoms with van der Waals surface area (Å²) in [6.07, 6.45) is -8.45. The lowest BCUT2D eigenvalue weighted by molar-refractivity contribution is -0.147. The zero-order chi connectivity index (χ0) is 16.2. The van der Waals surface area contributed by atoms with Crippen LogP contribution in [0.4, 0.5) is 13.2 Å². The SMILES string of the molecule is CCOC(=O)CC(O)C(O)c1cc(Cl)cc(C(F)(F)F)c1. The van der Waals surface area contributed by atoms with Gasteiger partial charge in [-0.1, -0.05) is 11.6 Å². The van der Waals surface area contributed by atoms with Crippen molar-refractivity contribution < 1.29 is 32.9 Å². The van der Waals surface area contributed by atoms with Crippen LogP contribution < -0.4 is 0 Å². The highest BCUT2D eigenvalue weighted by atomic mass is 35.5. The summed E-state index contributed by atoms with van der Waals surface area (Å²) in [5.41, 5.74) is -1.28. The predicted molar refractivity (Wildman–Crippen MR) is 68.7 cm³/mol. The summed E-state index contributed by atoms with van der Waals surface area (Å²) < 4.78 is 42.5. The van der Waals surface area contributed by atoms with Gasteiger partial charge in [0.25, 0.3) is 0 Å². The molecule has 0 aliphatic heterocycles. The van der Waals surface area contributed by atoms with Crippen LogP contribution in [0.1, 0.15) is 30.6 Å². The molecular formula is C13H14ClF3O4. The van der Waals surface area contributed by atoms with Gasteiger partial charge in [-0.25, -0.2) is 0 Å². The van der Waals surface area contributed by atoms with Gasteiger partial charge in [0.1, 0.15) is 6.10 Å². The summed E-state index contributed by atoms with van der Waals surface area (Å²) in [5, 5.41) is 19.3. The highest BCUT2D eigenvalue weighted by Crippen LogP contribution is 2.34. The minimum absolute atomic E-state index is 0.0943. The molecule has 0 radical (unpaired) electrons. The van der Waals surface area contributed by atoms with Gasteiger partial charge in [-0.15, -0.1) is 0 Å². The Labute approximate surface area is 124 Å². The smallest absolute Gasteiger partial charge is 0.416 e. The molecule has 0 bridgehead atoms. The number of carbonyl (C=O) groups excluding carboxylic acids is 1. The van der Waals surface area contributed by atoms with Gasteiger partial charge in [-0.05, 0) is 30.7 Å². The molecule has 1 aromatic carbocycles. The molecule has 2 N–H and O–H groups in total. The quantitative estimate of drug-likeness (QED) is 0.816. The summed E-state index contributed by atoms with van der Waals surface area (Å²) in [7, 11) is 0. The maximum atomic E-state index is 12.6. The number of hydrogen-bond acceptors (Lipinski definition) is 4. The Morgan fingerprint density at radius 1 is 1.33 bits per heavy atom. The number of alkyl halides is 3. The summed E-state index contributed by atoms with van der Waals surface area (Å²) in [5.74, 6) is -0.762. The molecule has 8 heteroatoms. The summed E-state index contributed by atoms with van der Waals surface area (Å²) >= 11 is 5.58. The monoisotopic (exact) mass is 326 g/mol. The summed E-state index contributed by atoms with van der Waals surface area (Å²) in [6, 6.07) is 2.47. The molecular weight excluding hydrogens is 313 g/mol. The van der Waals surface area contributed by atoms with Crippen LogP contribution in [0.2, 0.25) is 5.02 Å². The van der Waals surface area contributed by atoms with Crippen molar-refractivity contribution in [2.24, 2.45) is 0 Å². The molecule has 118 valence electrons. The van der Waals surface area contributed by atoms with E-state index >= 15 is 0 Å². The summed E-state index contributed by atoms with van der Waals surface area (Å²) in [4.78, 5) is 11.2.